The van der Waals surface area contributed by atoms with Crippen molar-refractivity contribution in [3.63, 3.8) is 0 Å². The molecule has 0 aromatic heterocycles. The van der Waals surface area contributed by atoms with Crippen LogP contribution in [0, 0.1) is 5.92 Å². The van der Waals surface area contributed by atoms with Gasteiger partial charge in [-0.1, -0.05) is 44.2 Å². The van der Waals surface area contributed by atoms with E-state index in [0.29, 0.717) is 12.3 Å². The molecule has 150 valence electrons. The molecule has 0 aliphatic heterocycles. The Morgan fingerprint density at radius 3 is 2.81 bits per heavy atom. The molecule has 1 saturated carbocycles. The molecule has 0 bridgehead atoms. The molecule has 6 heteroatoms. The minimum absolute atomic E-state index is 0.113. The van der Waals surface area contributed by atoms with Gasteiger partial charge in [0, 0.05) is 13.1 Å². The van der Waals surface area contributed by atoms with Crippen molar-refractivity contribution in [1.82, 2.24) is 10.6 Å². The van der Waals surface area contributed by atoms with Crippen LogP contribution in [0.4, 0.5) is 0 Å². The van der Waals surface area contributed by atoms with Gasteiger partial charge < -0.3 is 21.1 Å². The van der Waals surface area contributed by atoms with Gasteiger partial charge in [-0.2, -0.15) is 0 Å². The Morgan fingerprint density at radius 2 is 2.07 bits per heavy atom. The first kappa shape index (κ1) is 21.1. The number of aliphatic imine (C=N–C) groups is 1. The summed E-state index contributed by atoms with van der Waals surface area (Å²) in [6.07, 6.45) is 9.54. The number of nitrogens with two attached hydrogens (primary N) is 1. The van der Waals surface area contributed by atoms with E-state index in [-0.39, 0.29) is 6.61 Å². The fraction of sp³-hybridized carbons (Fsp3) is 0.619. The number of benzene rings is 1. The number of primary amides is 1. The van der Waals surface area contributed by atoms with Crippen molar-refractivity contribution in [2.24, 2.45) is 16.6 Å². The smallest absolute Gasteiger partial charge is 0.255 e. The summed E-state index contributed by atoms with van der Waals surface area (Å²) in [6.45, 7) is 4.28. The molecule has 1 amide bonds. The number of amides is 1. The van der Waals surface area contributed by atoms with Crippen molar-refractivity contribution in [2.75, 3.05) is 19.7 Å². The summed E-state index contributed by atoms with van der Waals surface area (Å²) < 4.78 is 5.35. The van der Waals surface area contributed by atoms with Gasteiger partial charge in [0.05, 0.1) is 6.54 Å². The molecule has 1 aromatic rings. The quantitative estimate of drug-likeness (QED) is 0.334. The topological polar surface area (TPSA) is 88.7 Å². The van der Waals surface area contributed by atoms with Gasteiger partial charge in [-0.15, -0.1) is 0 Å². The lowest BCUT2D eigenvalue weighted by Gasteiger charge is -2.21. The monoisotopic (exact) mass is 374 g/mol. The minimum atomic E-state index is -0.481. The fourth-order valence-corrected chi connectivity index (χ4v) is 3.47. The van der Waals surface area contributed by atoms with Crippen LogP contribution in [0.3, 0.4) is 0 Å². The lowest BCUT2D eigenvalue weighted by Crippen LogP contribution is -2.37. The zero-order chi connectivity index (χ0) is 19.3. The number of carbonyl (C=O) groups is 1. The van der Waals surface area contributed by atoms with E-state index in [2.05, 4.69) is 22.5 Å². The van der Waals surface area contributed by atoms with Crippen molar-refractivity contribution >= 4 is 11.9 Å². The molecule has 27 heavy (non-hydrogen) atoms. The number of ether oxygens (including phenoxy) is 1. The molecule has 1 fully saturated rings. The number of rotatable bonds is 10. The average molecular weight is 375 g/mol. The first-order valence-electron chi connectivity index (χ1n) is 10.2. The standard InChI is InChI=1S/C21H34N4O2/c1-2-23-21(24-13-7-11-17-8-4-3-5-9-17)25-15-18-10-6-12-19(14-18)27-16-20(22)26/h6,10,12,14,17H,2-5,7-9,11,13,15-16H2,1H3,(H2,22,26)(H2,23,24,25). The third-order valence-electron chi connectivity index (χ3n) is 4.85. The number of guanidine groups is 1. The first-order valence-corrected chi connectivity index (χ1v) is 10.2. The van der Waals surface area contributed by atoms with Crippen LogP contribution in [-0.2, 0) is 11.3 Å². The number of nitrogens with one attached hydrogen (secondary N) is 2. The number of nitrogens with zero attached hydrogens (tertiary/aromatic N) is 1. The molecule has 1 aliphatic carbocycles. The molecule has 0 unspecified atom stereocenters. The van der Waals surface area contributed by atoms with Crippen LogP contribution in [0.25, 0.3) is 0 Å². The number of hydrogen-bond acceptors (Lipinski definition) is 3. The van der Waals surface area contributed by atoms with Crippen LogP contribution in [-0.4, -0.2) is 31.6 Å². The fourth-order valence-electron chi connectivity index (χ4n) is 3.47. The molecule has 0 radical (unpaired) electrons. The molecule has 2 rings (SSSR count). The summed E-state index contributed by atoms with van der Waals surface area (Å²) in [6, 6.07) is 7.59. The summed E-state index contributed by atoms with van der Waals surface area (Å²) in [7, 11) is 0. The zero-order valence-corrected chi connectivity index (χ0v) is 16.5. The normalized spacial score (nSPS) is 15.4. The molecule has 0 atom stereocenters. The lowest BCUT2D eigenvalue weighted by molar-refractivity contribution is -0.119. The highest BCUT2D eigenvalue weighted by molar-refractivity contribution is 5.79. The molecule has 1 aromatic carbocycles. The molecular weight excluding hydrogens is 340 g/mol. The van der Waals surface area contributed by atoms with Gasteiger partial charge in [0.15, 0.2) is 12.6 Å². The Bertz CT molecular complexity index is 598. The predicted octanol–water partition coefficient (Wildman–Crippen LogP) is 2.97. The van der Waals surface area contributed by atoms with Crippen LogP contribution in [0.2, 0.25) is 0 Å². The summed E-state index contributed by atoms with van der Waals surface area (Å²) in [5, 5.41) is 6.72. The van der Waals surface area contributed by atoms with E-state index in [1.165, 1.54) is 44.9 Å². The third-order valence-corrected chi connectivity index (χ3v) is 4.85. The highest BCUT2D eigenvalue weighted by Gasteiger charge is 2.12. The number of carbonyl (C=O) groups excluding carboxylic acids is 1. The van der Waals surface area contributed by atoms with Crippen molar-refractivity contribution in [3.05, 3.63) is 29.8 Å². The van der Waals surface area contributed by atoms with Gasteiger partial charge in [0.25, 0.3) is 5.91 Å². The Hall–Kier alpha value is -2.24. The van der Waals surface area contributed by atoms with Crippen LogP contribution >= 0.6 is 0 Å². The van der Waals surface area contributed by atoms with Gasteiger partial charge in [-0.05, 0) is 43.4 Å². The van der Waals surface area contributed by atoms with E-state index < -0.39 is 5.91 Å². The lowest BCUT2D eigenvalue weighted by atomic mass is 9.86. The highest BCUT2D eigenvalue weighted by Crippen LogP contribution is 2.26. The van der Waals surface area contributed by atoms with E-state index in [4.69, 9.17) is 10.5 Å². The maximum absolute atomic E-state index is 10.8. The van der Waals surface area contributed by atoms with Gasteiger partial charge in [0.1, 0.15) is 5.75 Å². The van der Waals surface area contributed by atoms with Crippen LogP contribution in [0.5, 0.6) is 5.75 Å². The molecule has 0 spiro atoms. The second kappa shape index (κ2) is 12.2. The number of hydrogen-bond donors (Lipinski definition) is 3. The van der Waals surface area contributed by atoms with Crippen LogP contribution < -0.4 is 21.1 Å². The third kappa shape index (κ3) is 8.80. The Balaban J connectivity index is 1.78. The van der Waals surface area contributed by atoms with Gasteiger partial charge >= 0.3 is 0 Å². The minimum Gasteiger partial charge on any atom is -0.484 e. The SMILES string of the molecule is CCNC(=NCc1cccc(OCC(N)=O)c1)NCCCC1CCCCC1. The van der Waals surface area contributed by atoms with Gasteiger partial charge in [0.2, 0.25) is 0 Å². The van der Waals surface area contributed by atoms with Gasteiger partial charge in [-0.3, -0.25) is 4.79 Å². The largest absolute Gasteiger partial charge is 0.484 e. The second-order valence-electron chi connectivity index (χ2n) is 7.17. The zero-order valence-electron chi connectivity index (χ0n) is 16.5. The van der Waals surface area contributed by atoms with Crippen LogP contribution in [0.15, 0.2) is 29.3 Å². The highest BCUT2D eigenvalue weighted by atomic mass is 16.5. The molecule has 0 heterocycles. The van der Waals surface area contributed by atoms with Gasteiger partial charge in [-0.25, -0.2) is 4.99 Å². The maximum atomic E-state index is 10.8. The Labute approximate surface area is 163 Å². The summed E-state index contributed by atoms with van der Waals surface area (Å²) >= 11 is 0. The van der Waals surface area contributed by atoms with Crippen molar-refractivity contribution in [3.8, 4) is 5.75 Å². The summed E-state index contributed by atoms with van der Waals surface area (Å²) in [5.74, 6) is 1.91. The van der Waals surface area contributed by atoms with Crippen molar-refractivity contribution < 1.29 is 9.53 Å². The van der Waals surface area contributed by atoms with E-state index >= 15 is 0 Å². The summed E-state index contributed by atoms with van der Waals surface area (Å²) in [5.41, 5.74) is 6.14. The Kier molecular flexibility index (Phi) is 9.52. The van der Waals surface area contributed by atoms with E-state index in [1.54, 1.807) is 0 Å². The first-order chi connectivity index (χ1) is 13.2. The molecule has 0 saturated heterocycles. The molecule has 6 nitrogen and oxygen atoms in total. The van der Waals surface area contributed by atoms with Crippen molar-refractivity contribution in [1.29, 1.82) is 0 Å². The van der Waals surface area contributed by atoms with E-state index in [9.17, 15) is 4.79 Å². The molecule has 4 N–H and O–H groups in total. The average Bonchev–Trinajstić information content (AvgIpc) is 2.69. The van der Waals surface area contributed by atoms with Crippen LogP contribution in [0.1, 0.15) is 57.4 Å². The molecular formula is C21H34N4O2. The maximum Gasteiger partial charge on any atom is 0.255 e. The van der Waals surface area contributed by atoms with E-state index in [0.717, 1.165) is 30.5 Å². The summed E-state index contributed by atoms with van der Waals surface area (Å²) in [4.78, 5) is 15.5. The van der Waals surface area contributed by atoms with Crippen molar-refractivity contribution in [2.45, 2.75) is 58.4 Å². The van der Waals surface area contributed by atoms with E-state index in [1.807, 2.05) is 24.3 Å². The molecule has 1 aliphatic rings. The second-order valence-corrected chi connectivity index (χ2v) is 7.17. The Morgan fingerprint density at radius 1 is 1.26 bits per heavy atom. The predicted molar refractivity (Wildman–Crippen MR) is 110 cm³/mol.